The van der Waals surface area contributed by atoms with Gasteiger partial charge in [-0.2, -0.15) is 0 Å². The number of furan rings is 1. The summed E-state index contributed by atoms with van der Waals surface area (Å²) in [6.07, 6.45) is 1.61. The quantitative estimate of drug-likeness (QED) is 0.199. The van der Waals surface area contributed by atoms with Crippen molar-refractivity contribution < 1.29 is 28.2 Å². The van der Waals surface area contributed by atoms with Crippen LogP contribution in [0.15, 0.2) is 105 Å². The first-order valence-corrected chi connectivity index (χ1v) is 15.4. The van der Waals surface area contributed by atoms with E-state index < -0.39 is 18.0 Å². The van der Waals surface area contributed by atoms with Crippen molar-refractivity contribution in [1.82, 2.24) is 4.57 Å². The number of carbonyl (C=O) groups excluding carboxylic acids is 2. The number of hydrogen-bond donors (Lipinski definition) is 0. The van der Waals surface area contributed by atoms with Gasteiger partial charge in [-0.3, -0.25) is 9.36 Å². The molecule has 5 aromatic rings. The lowest BCUT2D eigenvalue weighted by Gasteiger charge is -2.26. The van der Waals surface area contributed by atoms with Crippen LogP contribution in [0.3, 0.4) is 0 Å². The van der Waals surface area contributed by atoms with Crippen molar-refractivity contribution in [2.24, 2.45) is 4.99 Å². The number of carbonyl (C=O) groups is 2. The molecule has 0 unspecified atom stereocenters. The second-order valence-electron chi connectivity index (χ2n) is 10.1. The predicted octanol–water partition coefficient (Wildman–Crippen LogP) is 5.64. The van der Waals surface area contributed by atoms with E-state index in [1.165, 1.54) is 23.0 Å². The van der Waals surface area contributed by atoms with Crippen molar-refractivity contribution in [3.8, 4) is 17.1 Å². The lowest BCUT2D eigenvalue weighted by Crippen LogP contribution is -2.40. The van der Waals surface area contributed by atoms with Gasteiger partial charge in [0.05, 0.1) is 48.2 Å². The molecule has 46 heavy (non-hydrogen) atoms. The van der Waals surface area contributed by atoms with Gasteiger partial charge in [-0.15, -0.1) is 0 Å². The highest BCUT2D eigenvalue weighted by atomic mass is 35.5. The molecule has 3 heterocycles. The van der Waals surface area contributed by atoms with Gasteiger partial charge in [0.1, 0.15) is 17.3 Å². The molecule has 11 heteroatoms. The molecule has 0 radical (unpaired) electrons. The molecule has 0 bridgehead atoms. The zero-order chi connectivity index (χ0) is 32.4. The van der Waals surface area contributed by atoms with Crippen molar-refractivity contribution in [2.45, 2.75) is 13.0 Å². The topological polar surface area (TPSA) is 109 Å². The summed E-state index contributed by atoms with van der Waals surface area (Å²) in [5, 5.41) is 0.416. The van der Waals surface area contributed by atoms with E-state index in [2.05, 4.69) is 0 Å². The Labute approximate surface area is 272 Å². The lowest BCUT2D eigenvalue weighted by molar-refractivity contribution is -0.138. The summed E-state index contributed by atoms with van der Waals surface area (Å²) in [4.78, 5) is 45.4. The Bertz CT molecular complexity index is 2160. The minimum absolute atomic E-state index is 0.148. The van der Waals surface area contributed by atoms with E-state index in [0.29, 0.717) is 54.0 Å². The normalized spacial score (nSPS) is 14.4. The molecular formula is C35H27ClN2O7S. The van der Waals surface area contributed by atoms with Gasteiger partial charge < -0.3 is 18.6 Å². The molecule has 1 aliphatic rings. The number of aromatic nitrogens is 1. The molecular weight excluding hydrogens is 628 g/mol. The van der Waals surface area contributed by atoms with E-state index in [9.17, 15) is 14.4 Å². The molecule has 0 fully saturated rings. The van der Waals surface area contributed by atoms with E-state index in [0.717, 1.165) is 0 Å². The summed E-state index contributed by atoms with van der Waals surface area (Å²) in [5.41, 5.74) is 2.42. The fourth-order valence-electron chi connectivity index (χ4n) is 5.25. The highest BCUT2D eigenvalue weighted by molar-refractivity contribution is 7.07. The highest BCUT2D eigenvalue weighted by Gasteiger charge is 2.35. The van der Waals surface area contributed by atoms with Crippen molar-refractivity contribution in [3.63, 3.8) is 0 Å². The van der Waals surface area contributed by atoms with Gasteiger partial charge in [-0.1, -0.05) is 65.4 Å². The number of benzene rings is 3. The Balaban J connectivity index is 1.54. The average molecular weight is 655 g/mol. The molecule has 6 rings (SSSR count). The Morgan fingerprint density at radius 1 is 1.00 bits per heavy atom. The predicted molar refractivity (Wildman–Crippen MR) is 175 cm³/mol. The summed E-state index contributed by atoms with van der Waals surface area (Å²) in [6.45, 7) is 1.88. The highest BCUT2D eigenvalue weighted by Crippen LogP contribution is 2.36. The van der Waals surface area contributed by atoms with E-state index in [1.807, 2.05) is 42.5 Å². The number of thiazole rings is 1. The molecule has 1 aliphatic heterocycles. The minimum Gasteiger partial charge on any atom is -0.497 e. The Morgan fingerprint density at radius 2 is 1.76 bits per heavy atom. The van der Waals surface area contributed by atoms with Gasteiger partial charge in [0.2, 0.25) is 0 Å². The molecule has 0 N–H and O–H groups in total. The fraction of sp³-hybridized carbons (Fsp3) is 0.143. The average Bonchev–Trinajstić information content (AvgIpc) is 3.68. The summed E-state index contributed by atoms with van der Waals surface area (Å²) in [5.74, 6) is 0.255. The maximum absolute atomic E-state index is 14.2. The van der Waals surface area contributed by atoms with E-state index in [-0.39, 0.29) is 23.3 Å². The van der Waals surface area contributed by atoms with E-state index >= 15 is 0 Å². The molecule has 3 aromatic carbocycles. The van der Waals surface area contributed by atoms with Gasteiger partial charge in [-0.05, 0) is 55.0 Å². The molecule has 0 saturated carbocycles. The first-order valence-electron chi connectivity index (χ1n) is 14.2. The van der Waals surface area contributed by atoms with Gasteiger partial charge in [0.15, 0.2) is 4.80 Å². The van der Waals surface area contributed by atoms with Crippen LogP contribution in [0.2, 0.25) is 5.02 Å². The number of rotatable bonds is 8. The van der Waals surface area contributed by atoms with Gasteiger partial charge in [-0.25, -0.2) is 14.6 Å². The molecule has 232 valence electrons. The second kappa shape index (κ2) is 13.0. The number of fused-ring (bicyclic) bond motifs is 1. The van der Waals surface area contributed by atoms with Gasteiger partial charge in [0.25, 0.3) is 5.56 Å². The summed E-state index contributed by atoms with van der Waals surface area (Å²) >= 11 is 7.39. The Kier molecular flexibility index (Phi) is 8.74. The Hall–Kier alpha value is -5.19. The molecule has 1 atom stereocenters. The summed E-state index contributed by atoms with van der Waals surface area (Å²) in [7, 11) is 2.86. The van der Waals surface area contributed by atoms with E-state index in [4.69, 9.17) is 35.2 Å². The monoisotopic (exact) mass is 654 g/mol. The molecule has 9 nitrogen and oxygen atoms in total. The maximum Gasteiger partial charge on any atom is 0.338 e. The van der Waals surface area contributed by atoms with Crippen LogP contribution in [0.25, 0.3) is 23.1 Å². The first kappa shape index (κ1) is 30.8. The zero-order valence-corrected chi connectivity index (χ0v) is 26.6. The van der Waals surface area contributed by atoms with Crippen LogP contribution >= 0.6 is 22.9 Å². The van der Waals surface area contributed by atoms with E-state index in [1.54, 1.807) is 62.6 Å². The molecule has 0 aliphatic carbocycles. The number of ether oxygens (including phenoxy) is 3. The minimum atomic E-state index is -0.834. The number of hydrogen-bond acceptors (Lipinski definition) is 9. The number of esters is 2. The van der Waals surface area contributed by atoms with Crippen LogP contribution in [0.4, 0.5) is 0 Å². The third-order valence-corrected chi connectivity index (χ3v) is 8.58. The third-order valence-electron chi connectivity index (χ3n) is 7.36. The number of nitrogens with zero attached hydrogens (tertiary/aromatic N) is 2. The lowest BCUT2D eigenvalue weighted by atomic mass is 9.93. The fourth-order valence-corrected chi connectivity index (χ4v) is 6.41. The number of halogens is 1. The smallest absolute Gasteiger partial charge is 0.338 e. The SMILES string of the molecule is CCOC(=O)C1=C(c2ccccc2)N=c2s/c(=C/c3ccc(-c4cc(Cl)ccc4C(=O)OC)o3)c(=O)n2[C@@H]1c1ccc(OC)cc1. The maximum atomic E-state index is 14.2. The summed E-state index contributed by atoms with van der Waals surface area (Å²) < 4.78 is 23.7. The van der Waals surface area contributed by atoms with Crippen LogP contribution < -0.4 is 19.6 Å². The van der Waals surface area contributed by atoms with Crippen molar-refractivity contribution in [3.05, 3.63) is 138 Å². The molecule has 2 aromatic heterocycles. The van der Waals surface area contributed by atoms with Gasteiger partial charge in [0, 0.05) is 22.2 Å². The summed E-state index contributed by atoms with van der Waals surface area (Å²) in [6, 6.07) is 23.8. The zero-order valence-electron chi connectivity index (χ0n) is 25.0. The van der Waals surface area contributed by atoms with Crippen LogP contribution in [-0.4, -0.2) is 37.3 Å². The number of methoxy groups -OCH3 is 2. The molecule has 0 spiro atoms. The molecule has 0 amide bonds. The Morgan fingerprint density at radius 3 is 2.46 bits per heavy atom. The van der Waals surface area contributed by atoms with Crippen molar-refractivity contribution in [2.75, 3.05) is 20.8 Å². The van der Waals surface area contributed by atoms with Crippen LogP contribution in [-0.2, 0) is 14.3 Å². The van der Waals surface area contributed by atoms with Crippen molar-refractivity contribution >= 4 is 46.6 Å². The largest absolute Gasteiger partial charge is 0.497 e. The van der Waals surface area contributed by atoms with Crippen LogP contribution in [0.5, 0.6) is 5.75 Å². The molecule has 0 saturated heterocycles. The third kappa shape index (κ3) is 5.80. The van der Waals surface area contributed by atoms with Crippen LogP contribution in [0, 0.1) is 0 Å². The standard InChI is InChI=1S/C35H27ClN2O7S/c1-4-44-34(41)29-30(20-8-6-5-7-9-20)37-35-38(31(29)21-10-13-23(42-2)14-11-21)32(39)28(46-35)19-24-15-17-27(45-24)26-18-22(36)12-16-25(26)33(40)43-3/h5-19,31H,4H2,1-3H3/b28-19+/t31-/m1/s1. The second-order valence-corrected chi connectivity index (χ2v) is 11.5. The van der Waals surface area contributed by atoms with Crippen LogP contribution in [0.1, 0.15) is 40.2 Å². The van der Waals surface area contributed by atoms with Crippen molar-refractivity contribution in [1.29, 1.82) is 0 Å². The first-order chi connectivity index (χ1) is 22.3. The van der Waals surface area contributed by atoms with Gasteiger partial charge >= 0.3 is 11.9 Å².